The number of nitrogens with one attached hydrogen (secondary N) is 1. The molecule has 0 atom stereocenters. The van der Waals surface area contributed by atoms with Gasteiger partial charge in [-0.2, -0.15) is 4.31 Å². The SMILES string of the molecule is O=C1Cc2cc(S(=O)(=O)N3CCCN(C(=O)C4CC4)CC3)ccc2N1. The summed E-state index contributed by atoms with van der Waals surface area (Å²) in [4.78, 5) is 25.7. The number of hydrogen-bond donors (Lipinski definition) is 1. The molecule has 25 heavy (non-hydrogen) atoms. The Morgan fingerprint density at radius 1 is 1.12 bits per heavy atom. The minimum absolute atomic E-state index is 0.117. The average molecular weight is 363 g/mol. The van der Waals surface area contributed by atoms with E-state index in [1.807, 2.05) is 0 Å². The molecule has 2 fully saturated rings. The van der Waals surface area contributed by atoms with E-state index in [0.29, 0.717) is 43.9 Å². The van der Waals surface area contributed by atoms with Gasteiger partial charge in [0.1, 0.15) is 0 Å². The highest BCUT2D eigenvalue weighted by Crippen LogP contribution is 2.32. The molecule has 1 N–H and O–H groups in total. The number of sulfonamides is 1. The van der Waals surface area contributed by atoms with Crippen molar-refractivity contribution < 1.29 is 18.0 Å². The number of nitrogens with zero attached hydrogens (tertiary/aromatic N) is 2. The standard InChI is InChI=1S/C17H21N3O4S/c21-16-11-13-10-14(4-5-15(13)18-16)25(23,24)20-7-1-6-19(8-9-20)17(22)12-2-3-12/h4-5,10,12H,1-3,6-9,11H2,(H,18,21). The van der Waals surface area contributed by atoms with Crippen molar-refractivity contribution in [1.29, 1.82) is 0 Å². The number of rotatable bonds is 3. The van der Waals surface area contributed by atoms with Crippen molar-refractivity contribution in [3.8, 4) is 0 Å². The first-order valence-corrected chi connectivity index (χ1v) is 10.1. The highest BCUT2D eigenvalue weighted by atomic mass is 32.2. The molecule has 2 amide bonds. The summed E-state index contributed by atoms with van der Waals surface area (Å²) in [5, 5.41) is 2.71. The van der Waals surface area contributed by atoms with Crippen molar-refractivity contribution >= 4 is 27.5 Å². The summed E-state index contributed by atoms with van der Waals surface area (Å²) in [7, 11) is -3.62. The predicted octanol–water partition coefficient (Wildman–Crippen LogP) is 0.814. The van der Waals surface area contributed by atoms with Crippen molar-refractivity contribution in [2.24, 2.45) is 5.92 Å². The number of amides is 2. The molecule has 2 heterocycles. The molecule has 0 radical (unpaired) electrons. The van der Waals surface area contributed by atoms with E-state index in [1.165, 1.54) is 10.4 Å². The summed E-state index contributed by atoms with van der Waals surface area (Å²) in [5.74, 6) is 0.208. The molecule has 0 unspecified atom stereocenters. The molecule has 1 aromatic rings. The van der Waals surface area contributed by atoms with Crippen LogP contribution in [-0.4, -0.2) is 55.6 Å². The molecule has 0 spiro atoms. The molecule has 134 valence electrons. The van der Waals surface area contributed by atoms with Crippen molar-refractivity contribution in [3.63, 3.8) is 0 Å². The first kappa shape index (κ1) is 16.5. The molecule has 3 aliphatic rings. The Kier molecular flexibility index (Phi) is 4.04. The number of anilines is 1. The van der Waals surface area contributed by atoms with E-state index >= 15 is 0 Å². The van der Waals surface area contributed by atoms with E-state index in [9.17, 15) is 18.0 Å². The first-order chi connectivity index (χ1) is 11.9. The largest absolute Gasteiger partial charge is 0.341 e. The van der Waals surface area contributed by atoms with Gasteiger partial charge in [0.25, 0.3) is 0 Å². The summed E-state index contributed by atoms with van der Waals surface area (Å²) in [6.45, 7) is 1.78. The van der Waals surface area contributed by atoms with Crippen molar-refractivity contribution in [2.45, 2.75) is 30.6 Å². The normalized spacial score (nSPS) is 21.6. The van der Waals surface area contributed by atoms with Gasteiger partial charge in [-0.25, -0.2) is 8.42 Å². The lowest BCUT2D eigenvalue weighted by Crippen LogP contribution is -2.37. The van der Waals surface area contributed by atoms with Crippen LogP contribution in [0, 0.1) is 5.92 Å². The fraction of sp³-hybridized carbons (Fsp3) is 0.529. The van der Waals surface area contributed by atoms with Crippen LogP contribution in [0.3, 0.4) is 0 Å². The van der Waals surface area contributed by atoms with Crippen molar-refractivity contribution in [3.05, 3.63) is 23.8 Å². The molecule has 1 saturated heterocycles. The van der Waals surface area contributed by atoms with Gasteiger partial charge in [0.2, 0.25) is 21.8 Å². The van der Waals surface area contributed by atoms with Crippen LogP contribution in [0.4, 0.5) is 5.69 Å². The molecule has 7 nitrogen and oxygen atoms in total. The molecule has 1 saturated carbocycles. The second-order valence-electron chi connectivity index (χ2n) is 6.90. The van der Waals surface area contributed by atoms with Crippen LogP contribution in [0.25, 0.3) is 0 Å². The van der Waals surface area contributed by atoms with Gasteiger partial charge >= 0.3 is 0 Å². The average Bonchev–Trinajstić information content (AvgIpc) is 3.37. The fourth-order valence-corrected chi connectivity index (χ4v) is 4.98. The smallest absolute Gasteiger partial charge is 0.243 e. The van der Waals surface area contributed by atoms with Gasteiger partial charge in [-0.3, -0.25) is 9.59 Å². The zero-order valence-corrected chi connectivity index (χ0v) is 14.7. The van der Waals surface area contributed by atoms with E-state index in [1.54, 1.807) is 17.0 Å². The summed E-state index contributed by atoms with van der Waals surface area (Å²) in [6.07, 6.45) is 2.77. The molecular weight excluding hydrogens is 342 g/mol. The predicted molar refractivity (Wildman–Crippen MR) is 91.5 cm³/mol. The molecule has 1 aromatic carbocycles. The van der Waals surface area contributed by atoms with Gasteiger partial charge in [0, 0.05) is 37.8 Å². The summed E-state index contributed by atoms with van der Waals surface area (Å²) < 4.78 is 27.4. The second kappa shape index (κ2) is 6.10. The number of carbonyl (C=O) groups excluding carboxylic acids is 2. The van der Waals surface area contributed by atoms with Crippen LogP contribution >= 0.6 is 0 Å². The Bertz CT molecular complexity index is 832. The third-order valence-corrected chi connectivity index (χ3v) is 6.93. The molecule has 8 heteroatoms. The summed E-state index contributed by atoms with van der Waals surface area (Å²) in [5.41, 5.74) is 1.40. The van der Waals surface area contributed by atoms with Crippen molar-refractivity contribution in [2.75, 3.05) is 31.5 Å². The van der Waals surface area contributed by atoms with E-state index in [0.717, 1.165) is 12.8 Å². The minimum atomic E-state index is -3.62. The zero-order valence-electron chi connectivity index (χ0n) is 13.9. The molecule has 0 bridgehead atoms. The summed E-state index contributed by atoms with van der Waals surface area (Å²) in [6, 6.07) is 4.77. The van der Waals surface area contributed by atoms with E-state index in [-0.39, 0.29) is 29.0 Å². The van der Waals surface area contributed by atoms with Crippen LogP contribution in [-0.2, 0) is 26.0 Å². The lowest BCUT2D eigenvalue weighted by molar-refractivity contribution is -0.132. The molecular formula is C17H21N3O4S. The Labute approximate surface area is 147 Å². The Hall–Kier alpha value is -1.93. The maximum absolute atomic E-state index is 13.0. The van der Waals surface area contributed by atoms with Crippen molar-refractivity contribution in [1.82, 2.24) is 9.21 Å². The maximum atomic E-state index is 13.0. The molecule has 0 aromatic heterocycles. The highest BCUT2D eigenvalue weighted by Gasteiger charge is 2.35. The second-order valence-corrected chi connectivity index (χ2v) is 8.84. The van der Waals surface area contributed by atoms with Crippen LogP contribution in [0.2, 0.25) is 0 Å². The Morgan fingerprint density at radius 3 is 2.68 bits per heavy atom. The van der Waals surface area contributed by atoms with Crippen LogP contribution < -0.4 is 5.32 Å². The Morgan fingerprint density at radius 2 is 1.92 bits per heavy atom. The highest BCUT2D eigenvalue weighted by molar-refractivity contribution is 7.89. The number of hydrogen-bond acceptors (Lipinski definition) is 4. The van der Waals surface area contributed by atoms with Crippen LogP contribution in [0.15, 0.2) is 23.1 Å². The monoisotopic (exact) mass is 363 g/mol. The number of benzene rings is 1. The first-order valence-electron chi connectivity index (χ1n) is 8.67. The van der Waals surface area contributed by atoms with E-state index in [4.69, 9.17) is 0 Å². The van der Waals surface area contributed by atoms with Gasteiger partial charge < -0.3 is 10.2 Å². The lowest BCUT2D eigenvalue weighted by atomic mass is 10.2. The van der Waals surface area contributed by atoms with Crippen LogP contribution in [0.1, 0.15) is 24.8 Å². The zero-order chi connectivity index (χ0) is 17.6. The fourth-order valence-electron chi connectivity index (χ4n) is 3.46. The van der Waals surface area contributed by atoms with Gasteiger partial charge in [-0.1, -0.05) is 0 Å². The third-order valence-electron chi connectivity index (χ3n) is 5.03. The van der Waals surface area contributed by atoms with E-state index in [2.05, 4.69) is 5.32 Å². The quantitative estimate of drug-likeness (QED) is 0.861. The number of carbonyl (C=O) groups is 2. The van der Waals surface area contributed by atoms with Gasteiger partial charge in [0.05, 0.1) is 11.3 Å². The molecule has 2 aliphatic heterocycles. The van der Waals surface area contributed by atoms with Gasteiger partial charge in [0.15, 0.2) is 0 Å². The van der Waals surface area contributed by atoms with E-state index < -0.39 is 10.0 Å². The third kappa shape index (κ3) is 3.16. The molecule has 4 rings (SSSR count). The topological polar surface area (TPSA) is 86.8 Å². The van der Waals surface area contributed by atoms with Gasteiger partial charge in [-0.05, 0) is 43.0 Å². The lowest BCUT2D eigenvalue weighted by Gasteiger charge is -2.22. The minimum Gasteiger partial charge on any atom is -0.341 e. The maximum Gasteiger partial charge on any atom is 0.243 e. The molecule has 1 aliphatic carbocycles. The van der Waals surface area contributed by atoms with Crippen LogP contribution in [0.5, 0.6) is 0 Å². The summed E-state index contributed by atoms with van der Waals surface area (Å²) >= 11 is 0. The Balaban J connectivity index is 1.51. The van der Waals surface area contributed by atoms with Gasteiger partial charge in [-0.15, -0.1) is 0 Å². The number of fused-ring (bicyclic) bond motifs is 1.